The highest BCUT2D eigenvalue weighted by molar-refractivity contribution is 6.25. The van der Waals surface area contributed by atoms with Gasteiger partial charge in [0.25, 0.3) is 5.91 Å². The van der Waals surface area contributed by atoms with Gasteiger partial charge < -0.3 is 10.1 Å². The molecule has 2 aromatic carbocycles. The number of hydrogen-bond acceptors (Lipinski definition) is 5. The van der Waals surface area contributed by atoms with Crippen LogP contribution in [0.3, 0.4) is 0 Å². The molecule has 0 bridgehead atoms. The lowest BCUT2D eigenvalue weighted by atomic mass is 9.87. The highest BCUT2D eigenvalue weighted by atomic mass is 19.1. The zero-order valence-corrected chi connectivity index (χ0v) is 23.6. The van der Waals surface area contributed by atoms with Gasteiger partial charge in [0.2, 0.25) is 0 Å². The molecule has 7 heteroatoms. The molecule has 4 rings (SSSR count). The third-order valence-corrected chi connectivity index (χ3v) is 7.06. The minimum Gasteiger partial charge on any atom is -0.430 e. The predicted molar refractivity (Wildman–Crippen MR) is 153 cm³/mol. The van der Waals surface area contributed by atoms with Crippen molar-refractivity contribution in [1.82, 2.24) is 10.3 Å². The van der Waals surface area contributed by atoms with Crippen molar-refractivity contribution < 1.29 is 23.5 Å². The Morgan fingerprint density at radius 3 is 2.42 bits per heavy atom. The Hall–Kier alpha value is -4.13. The van der Waals surface area contributed by atoms with E-state index in [4.69, 9.17) is 4.74 Å². The van der Waals surface area contributed by atoms with Crippen LogP contribution in [-0.2, 0) is 20.7 Å². The van der Waals surface area contributed by atoms with Gasteiger partial charge in [-0.2, -0.15) is 0 Å². The Bertz CT molecular complexity index is 1450. The fourth-order valence-electron chi connectivity index (χ4n) is 4.87. The maximum Gasteiger partial charge on any atom is 0.316 e. The van der Waals surface area contributed by atoms with Gasteiger partial charge in [0.1, 0.15) is 17.3 Å². The first kappa shape index (κ1) is 28.9. The summed E-state index contributed by atoms with van der Waals surface area (Å²) in [6.45, 7) is 9.55. The number of nitrogens with zero attached hydrogens (tertiary/aromatic N) is 1. The summed E-state index contributed by atoms with van der Waals surface area (Å²) in [5.74, 6) is -1.19. The molecule has 208 valence electrons. The molecule has 1 aliphatic carbocycles. The molecule has 0 fully saturated rings. The van der Waals surface area contributed by atoms with Crippen LogP contribution < -0.4 is 5.32 Å². The Morgan fingerprint density at radius 1 is 1.07 bits per heavy atom. The third kappa shape index (κ3) is 6.36. The number of esters is 1. The zero-order chi connectivity index (χ0) is 29.0. The van der Waals surface area contributed by atoms with Crippen molar-refractivity contribution in [2.75, 3.05) is 6.54 Å². The first-order valence-electron chi connectivity index (χ1n) is 13.6. The number of carbonyl (C=O) groups excluding carboxylic acids is 3. The van der Waals surface area contributed by atoms with Crippen LogP contribution in [0.5, 0.6) is 0 Å². The van der Waals surface area contributed by atoms with Crippen molar-refractivity contribution in [2.45, 2.75) is 53.9 Å². The number of Topliss-reactive ketones (excluding diaryl/α,β-unsaturated/α-hetero) is 1. The van der Waals surface area contributed by atoms with Gasteiger partial charge in [0.15, 0.2) is 5.78 Å². The van der Waals surface area contributed by atoms with E-state index in [1.165, 1.54) is 12.1 Å². The van der Waals surface area contributed by atoms with E-state index in [1.807, 2.05) is 26.0 Å². The van der Waals surface area contributed by atoms with E-state index in [2.05, 4.69) is 10.3 Å². The summed E-state index contributed by atoms with van der Waals surface area (Å²) in [6.07, 6.45) is 2.87. The number of ketones is 1. The minimum absolute atomic E-state index is 0.101. The van der Waals surface area contributed by atoms with Crippen LogP contribution in [0.15, 0.2) is 66.6 Å². The lowest BCUT2D eigenvalue weighted by Gasteiger charge is -2.19. The van der Waals surface area contributed by atoms with Crippen LogP contribution in [-0.4, -0.2) is 29.2 Å². The highest BCUT2D eigenvalue weighted by Gasteiger charge is 2.39. The van der Waals surface area contributed by atoms with Crippen molar-refractivity contribution in [1.29, 1.82) is 0 Å². The number of halogens is 1. The molecule has 1 unspecified atom stereocenters. The number of carbonyl (C=O) groups is 3. The maximum absolute atomic E-state index is 13.9. The Labute approximate surface area is 234 Å². The van der Waals surface area contributed by atoms with E-state index < -0.39 is 17.3 Å². The number of hydrogen-bond donors (Lipinski definition) is 1. The monoisotopic (exact) mass is 542 g/mol. The van der Waals surface area contributed by atoms with Crippen LogP contribution in [0.1, 0.15) is 67.7 Å². The summed E-state index contributed by atoms with van der Waals surface area (Å²) in [5, 5.41) is 2.84. The third-order valence-electron chi connectivity index (χ3n) is 7.06. The highest BCUT2D eigenvalue weighted by Crippen LogP contribution is 2.42. The summed E-state index contributed by atoms with van der Waals surface area (Å²) in [4.78, 5) is 43.3. The van der Waals surface area contributed by atoms with Crippen LogP contribution in [0, 0.1) is 24.1 Å². The van der Waals surface area contributed by atoms with E-state index in [0.717, 1.165) is 27.8 Å². The summed E-state index contributed by atoms with van der Waals surface area (Å²) in [7, 11) is 0. The van der Waals surface area contributed by atoms with Crippen LogP contribution in [0.4, 0.5) is 4.39 Å². The molecule has 1 atom stereocenters. The maximum atomic E-state index is 13.9. The van der Waals surface area contributed by atoms with Crippen molar-refractivity contribution >= 4 is 23.2 Å². The van der Waals surface area contributed by atoms with Crippen molar-refractivity contribution in [3.8, 4) is 11.1 Å². The molecule has 0 aliphatic heterocycles. The van der Waals surface area contributed by atoms with Crippen molar-refractivity contribution in [3.63, 3.8) is 0 Å². The Kier molecular flexibility index (Phi) is 8.62. The largest absolute Gasteiger partial charge is 0.430 e. The molecule has 40 heavy (non-hydrogen) atoms. The number of aromatic nitrogens is 1. The molecular weight excluding hydrogens is 507 g/mol. The quantitative estimate of drug-likeness (QED) is 0.330. The second-order valence-corrected chi connectivity index (χ2v) is 11.2. The Morgan fingerprint density at radius 2 is 1.80 bits per heavy atom. The van der Waals surface area contributed by atoms with Gasteiger partial charge in [-0.25, -0.2) is 4.39 Å². The molecule has 0 saturated carbocycles. The second-order valence-electron chi connectivity index (χ2n) is 11.2. The van der Waals surface area contributed by atoms with E-state index in [0.29, 0.717) is 29.9 Å². The molecule has 6 nitrogen and oxygen atoms in total. The number of amides is 1. The molecule has 1 heterocycles. The summed E-state index contributed by atoms with van der Waals surface area (Å²) >= 11 is 0. The first-order valence-corrected chi connectivity index (χ1v) is 13.6. The molecule has 1 aliphatic rings. The van der Waals surface area contributed by atoms with Gasteiger partial charge in [-0.15, -0.1) is 0 Å². The molecule has 0 spiro atoms. The predicted octanol–water partition coefficient (Wildman–Crippen LogP) is 6.47. The lowest BCUT2D eigenvalue weighted by Crippen LogP contribution is -2.27. The van der Waals surface area contributed by atoms with Crippen LogP contribution >= 0.6 is 0 Å². The van der Waals surface area contributed by atoms with Gasteiger partial charge in [-0.1, -0.05) is 37.3 Å². The molecule has 1 amide bonds. The summed E-state index contributed by atoms with van der Waals surface area (Å²) < 4.78 is 19.4. The number of allylic oxidation sites excluding steroid dienone is 2. The number of benzene rings is 2. The zero-order valence-electron chi connectivity index (χ0n) is 23.6. The summed E-state index contributed by atoms with van der Waals surface area (Å²) in [5.41, 5.74) is 4.37. The standard InChI is InChI=1S/C33H35FN2O4/c1-6-21-18-24(22-10-12-25(34)13-11-22)17-20(2)28(21)29-27(40-32(39)33(3,4)5)19-23(30(29)37)14-16-36-31(38)26-9-7-8-15-35-26/h7-13,15,17-18,23H,6,14,16,19H2,1-5H3,(H,36,38). The molecular formula is C33H35FN2O4. The smallest absolute Gasteiger partial charge is 0.316 e. The van der Waals surface area contributed by atoms with Gasteiger partial charge >= 0.3 is 5.97 Å². The topological polar surface area (TPSA) is 85.4 Å². The van der Waals surface area contributed by atoms with E-state index in [1.54, 1.807) is 57.3 Å². The first-order chi connectivity index (χ1) is 19.0. The fraction of sp³-hybridized carbons (Fsp3) is 0.333. The number of aryl methyl sites for hydroxylation is 2. The lowest BCUT2D eigenvalue weighted by molar-refractivity contribution is -0.148. The van der Waals surface area contributed by atoms with Crippen molar-refractivity contribution in [2.24, 2.45) is 11.3 Å². The second kappa shape index (κ2) is 11.9. The average molecular weight is 543 g/mol. The average Bonchev–Trinajstić information content (AvgIpc) is 3.22. The number of ether oxygens (including phenoxy) is 1. The normalized spacial score (nSPS) is 15.3. The van der Waals surface area contributed by atoms with E-state index in [-0.39, 0.29) is 30.5 Å². The number of pyridine rings is 1. The van der Waals surface area contributed by atoms with Gasteiger partial charge in [-0.05, 0) is 92.6 Å². The molecule has 0 saturated heterocycles. The van der Waals surface area contributed by atoms with Gasteiger partial charge in [0.05, 0.1) is 11.0 Å². The SMILES string of the molecule is CCc1cc(-c2ccc(F)cc2)cc(C)c1C1=C(OC(=O)C(C)(C)C)CC(CCNC(=O)c2ccccn2)C1=O. The number of rotatable bonds is 8. The number of nitrogens with one attached hydrogen (secondary N) is 1. The molecule has 0 radical (unpaired) electrons. The summed E-state index contributed by atoms with van der Waals surface area (Å²) in [6, 6.07) is 15.4. The van der Waals surface area contributed by atoms with Crippen molar-refractivity contribution in [3.05, 3.63) is 94.8 Å². The molecule has 1 N–H and O–H groups in total. The van der Waals surface area contributed by atoms with E-state index >= 15 is 0 Å². The van der Waals surface area contributed by atoms with Crippen LogP contribution in [0.25, 0.3) is 16.7 Å². The van der Waals surface area contributed by atoms with Gasteiger partial charge in [0, 0.05) is 25.1 Å². The minimum atomic E-state index is -0.745. The van der Waals surface area contributed by atoms with Crippen LogP contribution in [0.2, 0.25) is 0 Å². The molecule has 1 aromatic heterocycles. The fourth-order valence-corrected chi connectivity index (χ4v) is 4.87. The Balaban J connectivity index is 1.65. The van der Waals surface area contributed by atoms with E-state index in [9.17, 15) is 18.8 Å². The van der Waals surface area contributed by atoms with Gasteiger partial charge in [-0.3, -0.25) is 19.4 Å². The molecule has 3 aromatic rings.